The summed E-state index contributed by atoms with van der Waals surface area (Å²) in [5.74, 6) is -0.465. The first-order chi connectivity index (χ1) is 13.7. The van der Waals surface area contributed by atoms with E-state index in [2.05, 4.69) is 57.0 Å². The second-order valence-electron chi connectivity index (χ2n) is 7.98. The van der Waals surface area contributed by atoms with Gasteiger partial charge >= 0.3 is 5.97 Å². The number of carbonyl (C=O) groups is 1. The van der Waals surface area contributed by atoms with Crippen LogP contribution in [0.3, 0.4) is 0 Å². The summed E-state index contributed by atoms with van der Waals surface area (Å²) in [5.41, 5.74) is 0.214. The van der Waals surface area contributed by atoms with E-state index in [0.717, 1.165) is 16.8 Å². The Bertz CT molecular complexity index is 751. The third-order valence-electron chi connectivity index (χ3n) is 4.73. The zero-order chi connectivity index (χ0) is 21.5. The molecule has 0 radical (unpaired) electrons. The zero-order valence-corrected chi connectivity index (χ0v) is 20.1. The summed E-state index contributed by atoms with van der Waals surface area (Å²) in [6, 6.07) is 20.2. The van der Waals surface area contributed by atoms with Gasteiger partial charge in [0.2, 0.25) is 16.6 Å². The normalized spacial score (nSPS) is 12.1. The second kappa shape index (κ2) is 10.2. The Morgan fingerprint density at radius 1 is 0.862 bits per heavy atom. The minimum Gasteiger partial charge on any atom is -0.462 e. The van der Waals surface area contributed by atoms with Crippen LogP contribution in [0.1, 0.15) is 13.3 Å². The zero-order valence-electron chi connectivity index (χ0n) is 18.1. The van der Waals surface area contributed by atoms with Gasteiger partial charge in [-0.2, -0.15) is 0 Å². The first-order valence-corrected chi connectivity index (χ1v) is 15.8. The molecule has 0 saturated carbocycles. The number of rotatable bonds is 10. The largest absolute Gasteiger partial charge is 0.462 e. The lowest BCUT2D eigenvalue weighted by atomic mass is 10.3. The van der Waals surface area contributed by atoms with Crippen LogP contribution < -0.4 is 10.4 Å². The van der Waals surface area contributed by atoms with Gasteiger partial charge in [-0.15, -0.1) is 0 Å². The number of carbonyl (C=O) groups excluding carboxylic acids is 1. The van der Waals surface area contributed by atoms with E-state index in [4.69, 9.17) is 13.6 Å². The molecule has 0 unspecified atom stereocenters. The van der Waals surface area contributed by atoms with Crippen LogP contribution in [0.4, 0.5) is 0 Å². The minimum absolute atomic E-state index is 0.214. The lowest BCUT2D eigenvalue weighted by molar-refractivity contribution is -0.141. The highest BCUT2D eigenvalue weighted by atomic mass is 28.4. The van der Waals surface area contributed by atoms with Crippen molar-refractivity contribution in [1.82, 2.24) is 0 Å². The maximum Gasteiger partial charge on any atom is 0.338 e. The predicted molar refractivity (Wildman–Crippen MR) is 123 cm³/mol. The highest BCUT2D eigenvalue weighted by molar-refractivity contribution is 6.85. The summed E-state index contributed by atoms with van der Waals surface area (Å²) in [6.45, 7) is 14.7. The van der Waals surface area contributed by atoms with E-state index < -0.39 is 28.9 Å². The molecule has 29 heavy (non-hydrogen) atoms. The molecule has 0 aliphatic heterocycles. The van der Waals surface area contributed by atoms with Crippen molar-refractivity contribution in [2.24, 2.45) is 0 Å². The van der Waals surface area contributed by atoms with Crippen LogP contribution in [0.5, 0.6) is 0 Å². The number of ether oxygens (including phenoxy) is 1. The Kier molecular flexibility index (Phi) is 8.16. The van der Waals surface area contributed by atoms with E-state index in [1.807, 2.05) is 43.3 Å². The van der Waals surface area contributed by atoms with E-state index >= 15 is 0 Å². The van der Waals surface area contributed by atoms with Crippen LogP contribution >= 0.6 is 0 Å². The van der Waals surface area contributed by atoms with Crippen molar-refractivity contribution in [3.8, 4) is 0 Å². The number of hydrogen-bond donors (Lipinski definition) is 0. The predicted octanol–water partition coefficient (Wildman–Crippen LogP) is 4.08. The summed E-state index contributed by atoms with van der Waals surface area (Å²) in [4.78, 5) is 12.5. The Morgan fingerprint density at radius 2 is 1.28 bits per heavy atom. The van der Waals surface area contributed by atoms with Crippen molar-refractivity contribution in [1.29, 1.82) is 0 Å². The molecule has 2 aromatic carbocycles. The van der Waals surface area contributed by atoms with Gasteiger partial charge in [0.15, 0.2) is 6.29 Å². The summed E-state index contributed by atoms with van der Waals surface area (Å²) < 4.78 is 18.3. The van der Waals surface area contributed by atoms with Crippen LogP contribution in [0.15, 0.2) is 72.8 Å². The van der Waals surface area contributed by atoms with E-state index in [1.54, 1.807) is 0 Å². The van der Waals surface area contributed by atoms with Crippen molar-refractivity contribution in [2.75, 3.05) is 6.61 Å². The van der Waals surface area contributed by atoms with Crippen LogP contribution in [-0.2, 0) is 18.4 Å². The SMILES string of the molecule is C=C(C(=O)OCCC)C(O[Si](C)(C)c1ccccc1)O[Si](C)(C)c1ccccc1. The number of benzene rings is 2. The fourth-order valence-electron chi connectivity index (χ4n) is 2.90. The van der Waals surface area contributed by atoms with Crippen LogP contribution in [0, 0.1) is 0 Å². The van der Waals surface area contributed by atoms with Gasteiger partial charge in [-0.1, -0.05) is 74.2 Å². The van der Waals surface area contributed by atoms with Gasteiger partial charge in [0.05, 0.1) is 12.2 Å². The van der Waals surface area contributed by atoms with Crippen LogP contribution in [0.2, 0.25) is 26.2 Å². The highest BCUT2D eigenvalue weighted by Gasteiger charge is 2.37. The van der Waals surface area contributed by atoms with Gasteiger partial charge < -0.3 is 13.6 Å². The van der Waals surface area contributed by atoms with Crippen molar-refractivity contribution in [3.05, 3.63) is 72.8 Å². The second-order valence-corrected chi connectivity index (χ2v) is 15.6. The molecule has 4 nitrogen and oxygen atoms in total. The molecular weight excluding hydrogens is 396 g/mol. The molecule has 0 amide bonds. The summed E-state index contributed by atoms with van der Waals surface area (Å²) in [5, 5.41) is 2.25. The molecule has 0 aliphatic carbocycles. The first kappa shape index (κ1) is 23.3. The molecule has 156 valence electrons. The van der Waals surface area contributed by atoms with Gasteiger partial charge in [-0.3, -0.25) is 0 Å². The molecule has 6 heteroatoms. The van der Waals surface area contributed by atoms with Crippen molar-refractivity contribution >= 4 is 33.0 Å². The minimum atomic E-state index is -2.35. The van der Waals surface area contributed by atoms with Crippen molar-refractivity contribution in [3.63, 3.8) is 0 Å². The van der Waals surface area contributed by atoms with Gasteiger partial charge in [-0.05, 0) is 43.0 Å². The smallest absolute Gasteiger partial charge is 0.338 e. The fraction of sp³-hybridized carbons (Fsp3) is 0.348. The third kappa shape index (κ3) is 6.50. The molecule has 0 aliphatic rings. The molecular formula is C23H32O4Si2. The molecule has 0 fully saturated rings. The summed E-state index contributed by atoms with van der Waals surface area (Å²) in [7, 11) is -4.71. The molecule has 0 saturated heterocycles. The summed E-state index contributed by atoms with van der Waals surface area (Å²) >= 11 is 0. The topological polar surface area (TPSA) is 44.8 Å². The van der Waals surface area contributed by atoms with Crippen LogP contribution in [-0.4, -0.2) is 35.5 Å². The van der Waals surface area contributed by atoms with Gasteiger partial charge in [-0.25, -0.2) is 4.79 Å². The highest BCUT2D eigenvalue weighted by Crippen LogP contribution is 2.21. The maximum atomic E-state index is 12.5. The van der Waals surface area contributed by atoms with E-state index in [0.29, 0.717) is 6.61 Å². The average molecular weight is 429 g/mol. The van der Waals surface area contributed by atoms with Gasteiger partial charge in [0, 0.05) is 0 Å². The molecule has 0 aromatic heterocycles. The van der Waals surface area contributed by atoms with E-state index in [-0.39, 0.29) is 5.57 Å². The fourth-order valence-corrected chi connectivity index (χ4v) is 6.71. The molecule has 0 heterocycles. The Labute approximate surface area is 176 Å². The van der Waals surface area contributed by atoms with E-state index in [9.17, 15) is 4.79 Å². The Morgan fingerprint density at radius 3 is 1.66 bits per heavy atom. The quantitative estimate of drug-likeness (QED) is 0.248. The van der Waals surface area contributed by atoms with Crippen molar-refractivity contribution < 1.29 is 18.4 Å². The third-order valence-corrected chi connectivity index (χ3v) is 9.78. The Hall–Kier alpha value is -2.00. The standard InChI is InChI=1S/C23H32O4Si2/c1-7-18-25-22(24)19(2)23(26-28(3,4)20-14-10-8-11-15-20)27-29(5,6)21-16-12-9-13-17-21/h8-17,23H,2,7,18H2,1,3-6H3. The van der Waals surface area contributed by atoms with E-state index in [1.165, 1.54) is 0 Å². The summed E-state index contributed by atoms with van der Waals surface area (Å²) in [6.07, 6.45) is -0.0944. The van der Waals surface area contributed by atoms with Gasteiger partial charge in [0.25, 0.3) is 0 Å². The maximum absolute atomic E-state index is 12.5. The number of hydrogen-bond acceptors (Lipinski definition) is 4. The first-order valence-electron chi connectivity index (χ1n) is 10.00. The molecule has 2 aromatic rings. The average Bonchev–Trinajstić information content (AvgIpc) is 2.72. The molecule has 2 rings (SSSR count). The molecule has 0 N–H and O–H groups in total. The van der Waals surface area contributed by atoms with Crippen LogP contribution in [0.25, 0.3) is 0 Å². The monoisotopic (exact) mass is 428 g/mol. The lowest BCUT2D eigenvalue weighted by Gasteiger charge is -2.35. The molecule has 0 spiro atoms. The Balaban J connectivity index is 2.30. The van der Waals surface area contributed by atoms with Crippen molar-refractivity contribution in [2.45, 2.75) is 45.8 Å². The molecule has 0 atom stereocenters. The van der Waals surface area contributed by atoms with Gasteiger partial charge in [0.1, 0.15) is 0 Å². The lowest BCUT2D eigenvalue weighted by Crippen LogP contribution is -2.54. The number of esters is 1. The molecule has 0 bridgehead atoms.